The minimum Gasteiger partial charge on any atom is -0.457 e. The molecule has 0 aromatic heterocycles. The van der Waals surface area contributed by atoms with Crippen LogP contribution in [0, 0.1) is 0 Å². The number of hydrogen-bond acceptors (Lipinski definition) is 3. The summed E-state index contributed by atoms with van der Waals surface area (Å²) in [5.41, 5.74) is 3.04. The van der Waals surface area contributed by atoms with Crippen molar-refractivity contribution in [2.45, 2.75) is 12.8 Å². The largest absolute Gasteiger partial charge is 0.457 e. The fourth-order valence-corrected chi connectivity index (χ4v) is 1.73. The number of nitrogens with one attached hydrogen (secondary N) is 1. The van der Waals surface area contributed by atoms with Gasteiger partial charge in [0.1, 0.15) is 11.5 Å². The zero-order valence-electron chi connectivity index (χ0n) is 10.7. The number of rotatable bonds is 4. The van der Waals surface area contributed by atoms with Crippen LogP contribution in [0.4, 0.5) is 0 Å². The molecular weight excluding hydrogens is 240 g/mol. The molecule has 4 heteroatoms. The molecule has 0 aliphatic heterocycles. The van der Waals surface area contributed by atoms with E-state index in [0.717, 1.165) is 17.1 Å². The van der Waals surface area contributed by atoms with E-state index in [1.165, 1.54) is 0 Å². The maximum absolute atomic E-state index is 11.4. The van der Waals surface area contributed by atoms with E-state index in [1.54, 1.807) is 6.92 Å². The molecule has 2 aromatic carbocycles. The summed E-state index contributed by atoms with van der Waals surface area (Å²) in [6, 6.07) is 16.9. The third kappa shape index (κ3) is 3.33. The molecule has 0 saturated carbocycles. The van der Waals surface area contributed by atoms with E-state index in [0.29, 0.717) is 0 Å². The van der Waals surface area contributed by atoms with Crippen molar-refractivity contribution in [1.82, 2.24) is 5.43 Å². The van der Waals surface area contributed by atoms with E-state index in [1.807, 2.05) is 54.6 Å². The number of benzene rings is 2. The van der Waals surface area contributed by atoms with Gasteiger partial charge in [-0.25, -0.2) is 5.84 Å². The Morgan fingerprint density at radius 3 is 2.21 bits per heavy atom. The van der Waals surface area contributed by atoms with Crippen LogP contribution in [0.5, 0.6) is 11.5 Å². The zero-order chi connectivity index (χ0) is 13.7. The van der Waals surface area contributed by atoms with Crippen molar-refractivity contribution in [2.24, 2.45) is 5.84 Å². The van der Waals surface area contributed by atoms with Crippen LogP contribution >= 0.6 is 0 Å². The predicted molar refractivity (Wildman–Crippen MR) is 73.7 cm³/mol. The second-order valence-electron chi connectivity index (χ2n) is 4.21. The first-order chi connectivity index (χ1) is 9.20. The van der Waals surface area contributed by atoms with Crippen LogP contribution in [-0.2, 0) is 4.79 Å². The molecule has 1 atom stereocenters. The lowest BCUT2D eigenvalue weighted by molar-refractivity contribution is -0.122. The van der Waals surface area contributed by atoms with Crippen molar-refractivity contribution in [2.75, 3.05) is 0 Å². The summed E-state index contributed by atoms with van der Waals surface area (Å²) in [5, 5.41) is 0. The quantitative estimate of drug-likeness (QED) is 0.502. The molecule has 0 bridgehead atoms. The van der Waals surface area contributed by atoms with E-state index in [9.17, 15) is 4.79 Å². The van der Waals surface area contributed by atoms with Crippen molar-refractivity contribution in [3.63, 3.8) is 0 Å². The normalized spacial score (nSPS) is 11.7. The summed E-state index contributed by atoms with van der Waals surface area (Å²) in [4.78, 5) is 11.4. The average molecular weight is 256 g/mol. The number of ether oxygens (including phenoxy) is 1. The van der Waals surface area contributed by atoms with Crippen LogP contribution in [0.3, 0.4) is 0 Å². The van der Waals surface area contributed by atoms with Crippen LogP contribution in [0.25, 0.3) is 0 Å². The second-order valence-corrected chi connectivity index (χ2v) is 4.21. The van der Waals surface area contributed by atoms with Gasteiger partial charge in [0.25, 0.3) is 0 Å². The minimum atomic E-state index is -0.282. The smallest absolute Gasteiger partial charge is 0.241 e. The van der Waals surface area contributed by atoms with Crippen LogP contribution in [0.2, 0.25) is 0 Å². The molecule has 0 saturated heterocycles. The summed E-state index contributed by atoms with van der Waals surface area (Å²) < 4.78 is 5.67. The highest BCUT2D eigenvalue weighted by atomic mass is 16.5. The Morgan fingerprint density at radius 1 is 1.05 bits per heavy atom. The lowest BCUT2D eigenvalue weighted by Gasteiger charge is -2.11. The number of amides is 1. The van der Waals surface area contributed by atoms with Gasteiger partial charge >= 0.3 is 0 Å². The third-order valence-electron chi connectivity index (χ3n) is 2.89. The fourth-order valence-electron chi connectivity index (χ4n) is 1.73. The lowest BCUT2D eigenvalue weighted by Crippen LogP contribution is -2.33. The van der Waals surface area contributed by atoms with Crippen molar-refractivity contribution < 1.29 is 9.53 Å². The van der Waals surface area contributed by atoms with Crippen molar-refractivity contribution in [3.05, 3.63) is 60.2 Å². The highest BCUT2D eigenvalue weighted by Gasteiger charge is 2.13. The van der Waals surface area contributed by atoms with Gasteiger partial charge in [-0.1, -0.05) is 30.3 Å². The molecule has 4 nitrogen and oxygen atoms in total. The SMILES string of the molecule is CC(C(=O)NN)c1ccc(Oc2ccccc2)cc1. The number of nitrogens with two attached hydrogens (primary N) is 1. The average Bonchev–Trinajstić information content (AvgIpc) is 2.47. The Hall–Kier alpha value is -2.33. The topological polar surface area (TPSA) is 64.4 Å². The molecule has 0 heterocycles. The van der Waals surface area contributed by atoms with E-state index < -0.39 is 0 Å². The summed E-state index contributed by atoms with van der Waals surface area (Å²) in [6.45, 7) is 1.80. The van der Waals surface area contributed by atoms with Gasteiger partial charge in [0, 0.05) is 0 Å². The molecule has 1 amide bonds. The summed E-state index contributed by atoms with van der Waals surface area (Å²) in [5.74, 6) is 6.14. The Kier molecular flexibility index (Phi) is 4.15. The van der Waals surface area contributed by atoms with Gasteiger partial charge in [0.05, 0.1) is 5.92 Å². The lowest BCUT2D eigenvalue weighted by atomic mass is 10.0. The highest BCUT2D eigenvalue weighted by molar-refractivity contribution is 5.82. The van der Waals surface area contributed by atoms with Gasteiger partial charge in [-0.2, -0.15) is 0 Å². The van der Waals surface area contributed by atoms with Crippen LogP contribution in [0.1, 0.15) is 18.4 Å². The van der Waals surface area contributed by atoms with Gasteiger partial charge in [-0.15, -0.1) is 0 Å². The Morgan fingerprint density at radius 2 is 1.63 bits per heavy atom. The van der Waals surface area contributed by atoms with Gasteiger partial charge in [-0.05, 0) is 36.8 Å². The molecule has 0 aliphatic carbocycles. The van der Waals surface area contributed by atoms with E-state index in [2.05, 4.69) is 5.43 Å². The Labute approximate surface area is 112 Å². The Bertz CT molecular complexity index is 538. The number of para-hydroxylation sites is 1. The summed E-state index contributed by atoms with van der Waals surface area (Å²) in [6.07, 6.45) is 0. The van der Waals surface area contributed by atoms with E-state index >= 15 is 0 Å². The number of hydrazine groups is 1. The van der Waals surface area contributed by atoms with Crippen LogP contribution in [-0.4, -0.2) is 5.91 Å². The third-order valence-corrected chi connectivity index (χ3v) is 2.89. The maximum Gasteiger partial charge on any atom is 0.241 e. The second kappa shape index (κ2) is 6.02. The predicted octanol–water partition coefficient (Wildman–Crippen LogP) is 2.57. The summed E-state index contributed by atoms with van der Waals surface area (Å²) in [7, 11) is 0. The number of carbonyl (C=O) groups excluding carboxylic acids is 1. The van der Waals surface area contributed by atoms with E-state index in [-0.39, 0.29) is 11.8 Å². The molecule has 3 N–H and O–H groups in total. The number of carbonyl (C=O) groups is 1. The maximum atomic E-state index is 11.4. The minimum absolute atomic E-state index is 0.211. The van der Waals surface area contributed by atoms with Crippen molar-refractivity contribution in [3.8, 4) is 11.5 Å². The first-order valence-corrected chi connectivity index (χ1v) is 6.04. The molecule has 2 rings (SSSR count). The van der Waals surface area contributed by atoms with Gasteiger partial charge in [0.15, 0.2) is 0 Å². The molecule has 98 valence electrons. The van der Waals surface area contributed by atoms with Gasteiger partial charge < -0.3 is 4.74 Å². The molecule has 0 radical (unpaired) electrons. The van der Waals surface area contributed by atoms with Crippen LogP contribution in [0.15, 0.2) is 54.6 Å². The highest BCUT2D eigenvalue weighted by Crippen LogP contribution is 2.23. The van der Waals surface area contributed by atoms with Crippen molar-refractivity contribution >= 4 is 5.91 Å². The first kappa shape index (κ1) is 13.1. The fraction of sp³-hybridized carbons (Fsp3) is 0.133. The van der Waals surface area contributed by atoms with Gasteiger partial charge in [0.2, 0.25) is 5.91 Å². The molecule has 0 spiro atoms. The monoisotopic (exact) mass is 256 g/mol. The molecule has 1 unspecified atom stereocenters. The standard InChI is InChI=1S/C15H16N2O2/c1-11(15(18)17-16)12-7-9-14(10-8-12)19-13-5-3-2-4-6-13/h2-11H,16H2,1H3,(H,17,18). The Balaban J connectivity index is 2.08. The van der Waals surface area contributed by atoms with Gasteiger partial charge in [-0.3, -0.25) is 10.2 Å². The molecular formula is C15H16N2O2. The molecule has 0 aliphatic rings. The zero-order valence-corrected chi connectivity index (χ0v) is 10.7. The molecule has 0 fully saturated rings. The van der Waals surface area contributed by atoms with E-state index in [4.69, 9.17) is 10.6 Å². The van der Waals surface area contributed by atoms with Crippen LogP contribution < -0.4 is 16.0 Å². The first-order valence-electron chi connectivity index (χ1n) is 6.04. The molecule has 2 aromatic rings. The summed E-state index contributed by atoms with van der Waals surface area (Å²) >= 11 is 0. The number of hydrogen-bond donors (Lipinski definition) is 2. The van der Waals surface area contributed by atoms with Crippen molar-refractivity contribution in [1.29, 1.82) is 0 Å². The molecule has 19 heavy (non-hydrogen) atoms.